The molecule has 0 atom stereocenters. The fourth-order valence-electron chi connectivity index (χ4n) is 1.99. The number of carbonyl (C=O) groups excluding carboxylic acids is 1. The van der Waals surface area contributed by atoms with E-state index in [0.717, 1.165) is 5.56 Å². The van der Waals surface area contributed by atoms with Gasteiger partial charge in [-0.2, -0.15) is 0 Å². The number of ketones is 1. The zero-order chi connectivity index (χ0) is 15.5. The first kappa shape index (κ1) is 14.0. The summed E-state index contributed by atoms with van der Waals surface area (Å²) in [6, 6.07) is 13.3. The summed E-state index contributed by atoms with van der Waals surface area (Å²) in [7, 11) is 0. The molecule has 0 aliphatic carbocycles. The van der Waals surface area contributed by atoms with Gasteiger partial charge in [-0.25, -0.2) is 9.37 Å². The van der Waals surface area contributed by atoms with Crippen molar-refractivity contribution in [3.8, 4) is 11.3 Å². The Morgan fingerprint density at radius 1 is 1.09 bits per heavy atom. The average molecular weight is 296 g/mol. The molecular weight excluding hydrogens is 283 g/mol. The van der Waals surface area contributed by atoms with Crippen molar-refractivity contribution in [2.45, 2.75) is 6.92 Å². The Kier molecular flexibility index (Phi) is 3.70. The van der Waals surface area contributed by atoms with Crippen LogP contribution >= 0.6 is 0 Å². The van der Waals surface area contributed by atoms with Gasteiger partial charge in [-0.1, -0.05) is 24.3 Å². The number of nitrogens with one attached hydrogen (secondary N) is 1. The third-order valence-corrected chi connectivity index (χ3v) is 3.18. The van der Waals surface area contributed by atoms with Crippen LogP contribution in [0.1, 0.15) is 17.3 Å². The van der Waals surface area contributed by atoms with Crippen molar-refractivity contribution in [1.29, 1.82) is 0 Å². The molecule has 1 heterocycles. The van der Waals surface area contributed by atoms with E-state index in [4.69, 9.17) is 4.42 Å². The third-order valence-electron chi connectivity index (χ3n) is 3.18. The van der Waals surface area contributed by atoms with Gasteiger partial charge < -0.3 is 9.73 Å². The molecule has 0 saturated heterocycles. The molecule has 0 fully saturated rings. The minimum atomic E-state index is -0.302. The molecule has 110 valence electrons. The lowest BCUT2D eigenvalue weighted by Gasteiger charge is -2.01. The first-order valence-corrected chi connectivity index (χ1v) is 6.71. The summed E-state index contributed by atoms with van der Waals surface area (Å²) in [4.78, 5) is 15.4. The van der Waals surface area contributed by atoms with Gasteiger partial charge >= 0.3 is 0 Å². The van der Waals surface area contributed by atoms with E-state index in [1.54, 1.807) is 42.6 Å². The van der Waals surface area contributed by atoms with Gasteiger partial charge in [0.2, 0.25) is 0 Å². The standard InChI is InChI=1S/C17H13FN2O2/c1-11(21)12-2-4-13(5-3-12)16-10-19-17(22-16)20-15-8-6-14(18)7-9-15/h2-10H,1H3,(H,19,20). The summed E-state index contributed by atoms with van der Waals surface area (Å²) in [5.41, 5.74) is 2.15. The Balaban J connectivity index is 1.78. The van der Waals surface area contributed by atoms with Gasteiger partial charge in [0, 0.05) is 16.8 Å². The van der Waals surface area contributed by atoms with Crippen LogP contribution in [0.25, 0.3) is 11.3 Å². The summed E-state index contributed by atoms with van der Waals surface area (Å²) in [5.74, 6) is 0.298. The van der Waals surface area contributed by atoms with E-state index in [-0.39, 0.29) is 11.6 Å². The van der Waals surface area contributed by atoms with Crippen LogP contribution in [-0.2, 0) is 0 Å². The van der Waals surface area contributed by atoms with E-state index in [2.05, 4.69) is 10.3 Å². The van der Waals surface area contributed by atoms with E-state index in [0.29, 0.717) is 23.0 Å². The predicted molar refractivity (Wildman–Crippen MR) is 81.6 cm³/mol. The first-order chi connectivity index (χ1) is 10.6. The molecule has 0 spiro atoms. The summed E-state index contributed by atoms with van der Waals surface area (Å²) >= 11 is 0. The maximum Gasteiger partial charge on any atom is 0.299 e. The largest absolute Gasteiger partial charge is 0.423 e. The number of carbonyl (C=O) groups is 1. The number of nitrogens with zero attached hydrogens (tertiary/aromatic N) is 1. The van der Waals surface area contributed by atoms with Gasteiger partial charge in [0.25, 0.3) is 6.01 Å². The second-order valence-electron chi connectivity index (χ2n) is 4.80. The average Bonchev–Trinajstić information content (AvgIpc) is 2.98. The fraction of sp³-hybridized carbons (Fsp3) is 0.0588. The fourth-order valence-corrected chi connectivity index (χ4v) is 1.99. The normalized spacial score (nSPS) is 10.5. The number of benzene rings is 2. The molecule has 0 bridgehead atoms. The summed E-state index contributed by atoms with van der Waals surface area (Å²) in [6.45, 7) is 1.52. The number of rotatable bonds is 4. The lowest BCUT2D eigenvalue weighted by atomic mass is 10.1. The van der Waals surface area contributed by atoms with Crippen LogP contribution in [0.15, 0.2) is 59.1 Å². The van der Waals surface area contributed by atoms with Gasteiger partial charge in [-0.3, -0.25) is 4.79 Å². The maximum atomic E-state index is 12.8. The zero-order valence-electron chi connectivity index (χ0n) is 11.8. The van der Waals surface area contributed by atoms with E-state index in [9.17, 15) is 9.18 Å². The Morgan fingerprint density at radius 2 is 1.77 bits per heavy atom. The topological polar surface area (TPSA) is 55.1 Å². The maximum absolute atomic E-state index is 12.8. The second-order valence-corrected chi connectivity index (χ2v) is 4.80. The lowest BCUT2D eigenvalue weighted by Crippen LogP contribution is -1.90. The minimum absolute atomic E-state index is 0.0165. The number of oxazole rings is 1. The molecule has 0 aliphatic heterocycles. The zero-order valence-corrected chi connectivity index (χ0v) is 11.8. The van der Waals surface area contributed by atoms with Crippen LogP contribution in [-0.4, -0.2) is 10.8 Å². The summed E-state index contributed by atoms with van der Waals surface area (Å²) < 4.78 is 18.5. The number of anilines is 2. The molecule has 0 unspecified atom stereocenters. The lowest BCUT2D eigenvalue weighted by molar-refractivity contribution is 0.101. The number of Topliss-reactive ketones (excluding diaryl/α,β-unsaturated/α-hetero) is 1. The summed E-state index contributed by atoms with van der Waals surface area (Å²) in [6.07, 6.45) is 1.59. The Bertz CT molecular complexity index is 792. The van der Waals surface area contributed by atoms with Crippen LogP contribution in [0, 0.1) is 5.82 Å². The highest BCUT2D eigenvalue weighted by molar-refractivity contribution is 5.94. The molecule has 22 heavy (non-hydrogen) atoms. The highest BCUT2D eigenvalue weighted by Gasteiger charge is 2.07. The Labute approximate surface area is 126 Å². The van der Waals surface area contributed by atoms with Gasteiger partial charge in [0.1, 0.15) is 5.82 Å². The highest BCUT2D eigenvalue weighted by Crippen LogP contribution is 2.24. The quantitative estimate of drug-likeness (QED) is 0.724. The van der Waals surface area contributed by atoms with Crippen molar-refractivity contribution in [3.05, 3.63) is 66.1 Å². The number of hydrogen-bond acceptors (Lipinski definition) is 4. The van der Waals surface area contributed by atoms with Gasteiger partial charge in [-0.05, 0) is 31.2 Å². The van der Waals surface area contributed by atoms with Crippen LogP contribution in [0.4, 0.5) is 16.1 Å². The van der Waals surface area contributed by atoms with Crippen molar-refractivity contribution in [2.75, 3.05) is 5.32 Å². The van der Waals surface area contributed by atoms with Crippen LogP contribution < -0.4 is 5.32 Å². The first-order valence-electron chi connectivity index (χ1n) is 6.71. The van der Waals surface area contributed by atoms with Crippen LogP contribution in [0.2, 0.25) is 0 Å². The molecule has 3 aromatic rings. The number of hydrogen-bond donors (Lipinski definition) is 1. The third kappa shape index (κ3) is 3.03. The Hall–Kier alpha value is -2.95. The van der Waals surface area contributed by atoms with Crippen LogP contribution in [0.5, 0.6) is 0 Å². The van der Waals surface area contributed by atoms with Crippen LogP contribution in [0.3, 0.4) is 0 Å². The van der Waals surface area contributed by atoms with Gasteiger partial charge in [-0.15, -0.1) is 0 Å². The molecular formula is C17H13FN2O2. The predicted octanol–water partition coefficient (Wildman–Crippen LogP) is 4.43. The molecule has 1 N–H and O–H groups in total. The number of aromatic nitrogens is 1. The SMILES string of the molecule is CC(=O)c1ccc(-c2cnc(Nc3ccc(F)cc3)o2)cc1. The van der Waals surface area contributed by atoms with Crippen molar-refractivity contribution >= 4 is 17.5 Å². The molecule has 3 rings (SSSR count). The van der Waals surface area contributed by atoms with Crippen molar-refractivity contribution in [1.82, 2.24) is 4.98 Å². The molecule has 2 aromatic carbocycles. The minimum Gasteiger partial charge on any atom is -0.423 e. The molecule has 0 aliphatic rings. The molecule has 4 nitrogen and oxygen atoms in total. The van der Waals surface area contributed by atoms with Crippen molar-refractivity contribution < 1.29 is 13.6 Å². The molecule has 0 radical (unpaired) electrons. The van der Waals surface area contributed by atoms with E-state index in [1.165, 1.54) is 19.1 Å². The van der Waals surface area contributed by atoms with Gasteiger partial charge in [0.05, 0.1) is 6.20 Å². The smallest absolute Gasteiger partial charge is 0.299 e. The number of halogens is 1. The van der Waals surface area contributed by atoms with Crippen molar-refractivity contribution in [2.24, 2.45) is 0 Å². The highest BCUT2D eigenvalue weighted by atomic mass is 19.1. The second kappa shape index (κ2) is 5.81. The van der Waals surface area contributed by atoms with Crippen molar-refractivity contribution in [3.63, 3.8) is 0 Å². The molecule has 0 saturated carbocycles. The summed E-state index contributed by atoms with van der Waals surface area (Å²) in [5, 5.41) is 2.95. The monoisotopic (exact) mass is 296 g/mol. The van der Waals surface area contributed by atoms with E-state index < -0.39 is 0 Å². The van der Waals surface area contributed by atoms with Gasteiger partial charge in [0.15, 0.2) is 11.5 Å². The molecule has 0 amide bonds. The van der Waals surface area contributed by atoms with E-state index >= 15 is 0 Å². The Morgan fingerprint density at radius 3 is 2.41 bits per heavy atom. The molecule has 1 aromatic heterocycles. The molecule has 5 heteroatoms. The van der Waals surface area contributed by atoms with E-state index in [1.807, 2.05) is 0 Å².